The number of anilines is 1. The van der Waals surface area contributed by atoms with Crippen LogP contribution in [0.5, 0.6) is 0 Å². The van der Waals surface area contributed by atoms with Gasteiger partial charge in [-0.25, -0.2) is 0 Å². The molecule has 2 unspecified atom stereocenters. The summed E-state index contributed by atoms with van der Waals surface area (Å²) >= 11 is 8.40. The van der Waals surface area contributed by atoms with Crippen molar-refractivity contribution in [2.24, 2.45) is 5.73 Å². The zero-order valence-corrected chi connectivity index (χ0v) is 12.9. The minimum Gasteiger partial charge on any atom is -0.389 e. The van der Waals surface area contributed by atoms with Gasteiger partial charge >= 0.3 is 0 Å². The summed E-state index contributed by atoms with van der Waals surface area (Å²) in [5.41, 5.74) is 7.33. The normalized spacial score (nSPS) is 14.1. The number of nitrogens with one attached hydrogen (secondary N) is 1. The quantitative estimate of drug-likeness (QED) is 0.811. The summed E-state index contributed by atoms with van der Waals surface area (Å²) in [7, 11) is -0.830. The number of thiocarbonyl (C=S) groups is 1. The average molecular weight is 335 g/mol. The number of benzene rings is 1. The first-order chi connectivity index (χ1) is 7.90. The van der Waals surface area contributed by atoms with Gasteiger partial charge in [-0.05, 0) is 25.1 Å². The Morgan fingerprint density at radius 1 is 1.65 bits per heavy atom. The van der Waals surface area contributed by atoms with Gasteiger partial charge in [0.1, 0.15) is 4.99 Å². The zero-order chi connectivity index (χ0) is 13.0. The lowest BCUT2D eigenvalue weighted by Gasteiger charge is -2.17. The lowest BCUT2D eigenvalue weighted by atomic mass is 10.1. The van der Waals surface area contributed by atoms with Crippen molar-refractivity contribution < 1.29 is 4.21 Å². The maximum absolute atomic E-state index is 11.1. The van der Waals surface area contributed by atoms with Crippen LogP contribution < -0.4 is 11.1 Å². The zero-order valence-electron chi connectivity index (χ0n) is 9.70. The largest absolute Gasteiger partial charge is 0.389 e. The Morgan fingerprint density at radius 2 is 2.29 bits per heavy atom. The third-order valence-corrected chi connectivity index (χ3v) is 3.82. The first-order valence-corrected chi connectivity index (χ1v) is 7.99. The summed E-state index contributed by atoms with van der Waals surface area (Å²) in [6, 6.07) is 5.78. The van der Waals surface area contributed by atoms with E-state index in [1.807, 2.05) is 25.1 Å². The summed E-state index contributed by atoms with van der Waals surface area (Å²) in [5, 5.41) is 3.27. The smallest absolute Gasteiger partial charge is 0.106 e. The molecule has 3 N–H and O–H groups in total. The summed E-state index contributed by atoms with van der Waals surface area (Å²) in [4.78, 5) is 0.352. The van der Waals surface area contributed by atoms with Crippen LogP contribution in [0.3, 0.4) is 0 Å². The van der Waals surface area contributed by atoms with Crippen LogP contribution in [-0.4, -0.2) is 27.2 Å². The van der Waals surface area contributed by atoms with Gasteiger partial charge in [-0.1, -0.05) is 28.1 Å². The van der Waals surface area contributed by atoms with Gasteiger partial charge in [-0.15, -0.1) is 0 Å². The Morgan fingerprint density at radius 3 is 2.82 bits per heavy atom. The van der Waals surface area contributed by atoms with E-state index >= 15 is 0 Å². The van der Waals surface area contributed by atoms with Gasteiger partial charge in [0.25, 0.3) is 0 Å². The van der Waals surface area contributed by atoms with Crippen LogP contribution in [0.4, 0.5) is 5.69 Å². The fraction of sp³-hybridized carbons (Fsp3) is 0.364. The van der Waals surface area contributed by atoms with Gasteiger partial charge in [-0.3, -0.25) is 4.21 Å². The monoisotopic (exact) mass is 334 g/mol. The van der Waals surface area contributed by atoms with Crippen molar-refractivity contribution in [2.75, 3.05) is 17.3 Å². The van der Waals surface area contributed by atoms with Gasteiger partial charge in [-0.2, -0.15) is 0 Å². The second kappa shape index (κ2) is 6.47. The van der Waals surface area contributed by atoms with Crippen molar-refractivity contribution in [3.8, 4) is 0 Å². The van der Waals surface area contributed by atoms with Gasteiger partial charge in [0.2, 0.25) is 0 Å². The Hall–Kier alpha value is -0.460. The van der Waals surface area contributed by atoms with E-state index in [9.17, 15) is 4.21 Å². The minimum atomic E-state index is -0.830. The summed E-state index contributed by atoms with van der Waals surface area (Å²) < 4.78 is 12.1. The maximum Gasteiger partial charge on any atom is 0.106 e. The lowest BCUT2D eigenvalue weighted by Crippen LogP contribution is -2.24. The van der Waals surface area contributed by atoms with Gasteiger partial charge in [0.05, 0.1) is 0 Å². The van der Waals surface area contributed by atoms with E-state index in [2.05, 4.69) is 21.2 Å². The van der Waals surface area contributed by atoms with E-state index in [1.54, 1.807) is 6.26 Å². The van der Waals surface area contributed by atoms with Crippen molar-refractivity contribution in [1.29, 1.82) is 0 Å². The fourth-order valence-electron chi connectivity index (χ4n) is 1.51. The molecular weight excluding hydrogens is 320 g/mol. The summed E-state index contributed by atoms with van der Waals surface area (Å²) in [6.45, 7) is 1.98. The molecule has 0 bridgehead atoms. The second-order valence-electron chi connectivity index (χ2n) is 3.84. The third-order valence-electron chi connectivity index (χ3n) is 2.13. The van der Waals surface area contributed by atoms with Crippen LogP contribution in [0.2, 0.25) is 0 Å². The van der Waals surface area contributed by atoms with Crippen molar-refractivity contribution in [1.82, 2.24) is 0 Å². The second-order valence-corrected chi connectivity index (χ2v) is 6.67. The molecule has 6 heteroatoms. The molecule has 0 saturated carbocycles. The molecule has 0 fully saturated rings. The summed E-state index contributed by atoms with van der Waals surface area (Å²) in [6.07, 6.45) is 1.69. The highest BCUT2D eigenvalue weighted by Gasteiger charge is 2.10. The SMILES string of the molecule is CC(CS(C)=O)Nc1cc(Br)ccc1C(N)=S. The molecule has 0 aliphatic heterocycles. The van der Waals surface area contributed by atoms with Crippen LogP contribution in [-0.2, 0) is 10.8 Å². The Bertz CT molecular complexity index is 451. The number of nitrogens with two attached hydrogens (primary N) is 1. The number of halogens is 1. The highest BCUT2D eigenvalue weighted by Crippen LogP contribution is 2.22. The first-order valence-electron chi connectivity index (χ1n) is 5.06. The van der Waals surface area contributed by atoms with Gasteiger partial charge in [0, 0.05) is 44.6 Å². The predicted octanol–water partition coefficient (Wildman–Crippen LogP) is 2.26. The molecule has 0 aliphatic rings. The Kier molecular flexibility index (Phi) is 5.55. The molecule has 1 aromatic rings. The molecule has 0 aliphatic carbocycles. The number of rotatable bonds is 5. The van der Waals surface area contributed by atoms with Crippen molar-refractivity contribution in [2.45, 2.75) is 13.0 Å². The van der Waals surface area contributed by atoms with Crippen molar-refractivity contribution in [3.05, 3.63) is 28.2 Å². The van der Waals surface area contributed by atoms with E-state index in [4.69, 9.17) is 18.0 Å². The van der Waals surface area contributed by atoms with Crippen LogP contribution in [0, 0.1) is 0 Å². The van der Waals surface area contributed by atoms with Crippen molar-refractivity contribution >= 4 is 49.6 Å². The highest BCUT2D eigenvalue weighted by molar-refractivity contribution is 9.10. The van der Waals surface area contributed by atoms with Gasteiger partial charge < -0.3 is 11.1 Å². The molecule has 2 atom stereocenters. The van der Waals surface area contributed by atoms with Crippen LogP contribution in [0.25, 0.3) is 0 Å². The average Bonchev–Trinajstić information content (AvgIpc) is 2.15. The first kappa shape index (κ1) is 14.6. The van der Waals surface area contributed by atoms with E-state index in [-0.39, 0.29) is 6.04 Å². The van der Waals surface area contributed by atoms with Crippen LogP contribution in [0.1, 0.15) is 12.5 Å². The molecular formula is C11H15BrN2OS2. The molecule has 3 nitrogen and oxygen atoms in total. The molecule has 0 heterocycles. The molecule has 17 heavy (non-hydrogen) atoms. The highest BCUT2D eigenvalue weighted by atomic mass is 79.9. The molecule has 0 saturated heterocycles. The summed E-state index contributed by atoms with van der Waals surface area (Å²) in [5.74, 6) is 0.587. The molecule has 94 valence electrons. The lowest BCUT2D eigenvalue weighted by molar-refractivity contribution is 0.683. The standard InChI is InChI=1S/C11H15BrN2OS2/c1-7(6-17(2)15)14-10-5-8(12)3-4-9(10)11(13)16/h3-5,7,14H,6H2,1-2H3,(H2,13,16). The molecule has 0 spiro atoms. The molecule has 0 aromatic heterocycles. The molecule has 0 radical (unpaired) electrons. The number of hydrogen-bond acceptors (Lipinski definition) is 3. The molecule has 1 rings (SSSR count). The van der Waals surface area contributed by atoms with E-state index < -0.39 is 10.8 Å². The molecule has 1 aromatic carbocycles. The van der Waals surface area contributed by atoms with E-state index in [0.717, 1.165) is 15.7 Å². The molecule has 0 amide bonds. The predicted molar refractivity (Wildman–Crippen MR) is 82.0 cm³/mol. The number of hydrogen-bond donors (Lipinski definition) is 2. The van der Waals surface area contributed by atoms with E-state index in [0.29, 0.717) is 10.7 Å². The Labute approximate surface area is 118 Å². The minimum absolute atomic E-state index is 0.100. The third kappa shape index (κ3) is 4.73. The van der Waals surface area contributed by atoms with Crippen LogP contribution in [0.15, 0.2) is 22.7 Å². The Balaban J connectivity index is 2.92. The topological polar surface area (TPSA) is 55.1 Å². The maximum atomic E-state index is 11.1. The van der Waals surface area contributed by atoms with E-state index in [1.165, 1.54) is 0 Å². The fourth-order valence-corrected chi connectivity index (χ4v) is 2.84. The van der Waals surface area contributed by atoms with Crippen LogP contribution >= 0.6 is 28.1 Å². The van der Waals surface area contributed by atoms with Gasteiger partial charge in [0.15, 0.2) is 0 Å². The van der Waals surface area contributed by atoms with Crippen molar-refractivity contribution in [3.63, 3.8) is 0 Å².